The van der Waals surface area contributed by atoms with Crippen molar-refractivity contribution in [2.75, 3.05) is 16.0 Å². The van der Waals surface area contributed by atoms with E-state index in [0.29, 0.717) is 22.6 Å². The van der Waals surface area contributed by atoms with Gasteiger partial charge in [0, 0.05) is 64.8 Å². The minimum absolute atomic E-state index is 0.269. The normalized spacial score (nSPS) is 10.8. The second-order valence-electron chi connectivity index (χ2n) is 7.61. The molecule has 0 bridgehead atoms. The number of para-hydroxylation sites is 1. The Morgan fingerprint density at radius 1 is 0.719 bits per heavy atom. The Balaban J connectivity index is 1.69. The van der Waals surface area contributed by atoms with E-state index in [9.17, 15) is 14.4 Å². The molecule has 0 radical (unpaired) electrons. The average Bonchev–Trinajstić information content (AvgIpc) is 3.05. The Morgan fingerprint density at radius 3 is 1.97 bits per heavy atom. The summed E-state index contributed by atoms with van der Waals surface area (Å²) in [7, 11) is 0. The van der Waals surface area contributed by atoms with Crippen LogP contribution in [0.5, 0.6) is 0 Å². The third kappa shape index (κ3) is 4.18. The molecule has 3 amide bonds. The third-order valence-electron chi connectivity index (χ3n) is 5.18. The van der Waals surface area contributed by atoms with Gasteiger partial charge in [-0.3, -0.25) is 14.4 Å². The van der Waals surface area contributed by atoms with Crippen LogP contribution < -0.4 is 16.0 Å². The molecule has 0 atom stereocenters. The summed E-state index contributed by atoms with van der Waals surface area (Å²) in [6, 6.07) is 18.8. The number of fused-ring (bicyclic) bond motifs is 3. The Labute approximate surface area is 185 Å². The maximum atomic E-state index is 13.0. The number of nitrogens with zero attached hydrogens (tertiary/aromatic N) is 1. The lowest BCUT2D eigenvalue weighted by atomic mass is 10.1. The van der Waals surface area contributed by atoms with E-state index in [4.69, 9.17) is 0 Å². The first-order valence-electron chi connectivity index (χ1n) is 10.4. The second-order valence-corrected chi connectivity index (χ2v) is 7.61. The summed E-state index contributed by atoms with van der Waals surface area (Å²) >= 11 is 0. The Bertz CT molecular complexity index is 1340. The average molecular weight is 428 g/mol. The van der Waals surface area contributed by atoms with Gasteiger partial charge < -0.3 is 20.5 Å². The van der Waals surface area contributed by atoms with Crippen LogP contribution >= 0.6 is 0 Å². The molecule has 3 N–H and O–H groups in total. The predicted octanol–water partition coefficient (Wildman–Crippen LogP) is 4.98. The minimum Gasteiger partial charge on any atom is -0.341 e. The van der Waals surface area contributed by atoms with Gasteiger partial charge in [-0.2, -0.15) is 0 Å². The van der Waals surface area contributed by atoms with Gasteiger partial charge in [0.15, 0.2) is 0 Å². The number of rotatable bonds is 5. The summed E-state index contributed by atoms with van der Waals surface area (Å²) in [6.07, 6.45) is 0. The number of aromatic nitrogens is 1. The van der Waals surface area contributed by atoms with Crippen molar-refractivity contribution in [1.82, 2.24) is 4.57 Å². The number of hydrogen-bond acceptors (Lipinski definition) is 3. The quantitative estimate of drug-likeness (QED) is 0.418. The van der Waals surface area contributed by atoms with Crippen LogP contribution in [-0.2, 0) is 16.1 Å². The number of hydrogen-bond donors (Lipinski definition) is 3. The lowest BCUT2D eigenvalue weighted by molar-refractivity contribution is -0.115. The molecule has 7 nitrogen and oxygen atoms in total. The third-order valence-corrected chi connectivity index (χ3v) is 5.18. The zero-order chi connectivity index (χ0) is 22.8. The van der Waals surface area contributed by atoms with E-state index in [-0.39, 0.29) is 17.7 Å². The molecule has 0 saturated heterocycles. The highest BCUT2D eigenvalue weighted by atomic mass is 16.2. The number of anilines is 3. The maximum absolute atomic E-state index is 13.0. The summed E-state index contributed by atoms with van der Waals surface area (Å²) in [5, 5.41) is 10.4. The molecule has 4 rings (SSSR count). The molecule has 0 unspecified atom stereocenters. The first-order chi connectivity index (χ1) is 15.4. The van der Waals surface area contributed by atoms with Crippen LogP contribution in [0.2, 0.25) is 0 Å². The van der Waals surface area contributed by atoms with Crippen LogP contribution in [0.4, 0.5) is 17.1 Å². The molecule has 162 valence electrons. The molecule has 0 spiro atoms. The van der Waals surface area contributed by atoms with Gasteiger partial charge >= 0.3 is 0 Å². The van der Waals surface area contributed by atoms with Crippen molar-refractivity contribution in [1.29, 1.82) is 0 Å². The van der Waals surface area contributed by atoms with E-state index < -0.39 is 0 Å². The summed E-state index contributed by atoms with van der Waals surface area (Å²) in [5.74, 6) is -0.884. The van der Waals surface area contributed by atoms with Crippen LogP contribution in [0.15, 0.2) is 60.7 Å². The van der Waals surface area contributed by atoms with Crippen LogP contribution in [0.1, 0.15) is 31.1 Å². The lowest BCUT2D eigenvalue weighted by Crippen LogP contribution is -2.15. The van der Waals surface area contributed by atoms with Gasteiger partial charge in [0.25, 0.3) is 5.91 Å². The van der Waals surface area contributed by atoms with E-state index >= 15 is 0 Å². The molecule has 32 heavy (non-hydrogen) atoms. The summed E-state index contributed by atoms with van der Waals surface area (Å²) in [4.78, 5) is 36.0. The largest absolute Gasteiger partial charge is 0.341 e. The highest BCUT2D eigenvalue weighted by molar-refractivity contribution is 6.11. The molecule has 7 heteroatoms. The topological polar surface area (TPSA) is 92.2 Å². The highest BCUT2D eigenvalue weighted by Crippen LogP contribution is 2.31. The zero-order valence-electron chi connectivity index (χ0n) is 18.2. The Hall–Kier alpha value is -4.13. The number of amides is 3. The standard InChI is InChI=1S/C25H24N4O3/c1-4-29-23-8-6-5-7-21(23)22-14-18(9-10-24(22)29)28-25(32)17-11-19(26-15(2)30)13-20(12-17)27-16(3)31/h5-14H,4H2,1-3H3,(H,26,30)(H,27,31)(H,28,32). The number of carbonyl (C=O) groups excluding carboxylic acids is 3. The van der Waals surface area contributed by atoms with E-state index in [1.165, 1.54) is 13.8 Å². The Morgan fingerprint density at radius 2 is 1.34 bits per heavy atom. The first kappa shape index (κ1) is 21.1. The van der Waals surface area contributed by atoms with E-state index in [1.54, 1.807) is 18.2 Å². The van der Waals surface area contributed by atoms with Crippen LogP contribution in [0, 0.1) is 0 Å². The predicted molar refractivity (Wildman–Crippen MR) is 128 cm³/mol. The molecule has 0 saturated carbocycles. The number of nitrogens with one attached hydrogen (secondary N) is 3. The molecular weight excluding hydrogens is 404 g/mol. The van der Waals surface area contributed by atoms with Gasteiger partial charge in [0.1, 0.15) is 0 Å². The molecule has 1 aromatic heterocycles. The fourth-order valence-electron chi connectivity index (χ4n) is 3.98. The lowest BCUT2D eigenvalue weighted by Gasteiger charge is -2.11. The van der Waals surface area contributed by atoms with Gasteiger partial charge in [0.05, 0.1) is 0 Å². The van der Waals surface area contributed by atoms with E-state index in [1.807, 2.05) is 30.3 Å². The monoisotopic (exact) mass is 428 g/mol. The van der Waals surface area contributed by atoms with Crippen molar-refractivity contribution in [2.24, 2.45) is 0 Å². The van der Waals surface area contributed by atoms with Gasteiger partial charge in [-0.25, -0.2) is 0 Å². The molecule has 0 aliphatic heterocycles. The molecule has 0 aliphatic carbocycles. The number of benzene rings is 3. The van der Waals surface area contributed by atoms with Crippen molar-refractivity contribution in [3.8, 4) is 0 Å². The summed E-state index contributed by atoms with van der Waals surface area (Å²) in [6.45, 7) is 5.72. The van der Waals surface area contributed by atoms with Crippen molar-refractivity contribution in [3.63, 3.8) is 0 Å². The van der Waals surface area contributed by atoms with Crippen molar-refractivity contribution < 1.29 is 14.4 Å². The smallest absolute Gasteiger partial charge is 0.255 e. The minimum atomic E-state index is -0.345. The summed E-state index contributed by atoms with van der Waals surface area (Å²) in [5.41, 5.74) is 4.08. The van der Waals surface area contributed by atoms with Crippen molar-refractivity contribution in [2.45, 2.75) is 27.3 Å². The number of carbonyl (C=O) groups is 3. The van der Waals surface area contributed by atoms with Crippen LogP contribution in [0.25, 0.3) is 21.8 Å². The summed E-state index contributed by atoms with van der Waals surface area (Å²) < 4.78 is 2.24. The van der Waals surface area contributed by atoms with Crippen LogP contribution in [-0.4, -0.2) is 22.3 Å². The van der Waals surface area contributed by atoms with Gasteiger partial charge in [-0.05, 0) is 49.4 Å². The zero-order valence-corrected chi connectivity index (χ0v) is 18.2. The molecule has 4 aromatic rings. The molecule has 1 heterocycles. The van der Waals surface area contributed by atoms with Gasteiger partial charge in [0.2, 0.25) is 11.8 Å². The SMILES string of the molecule is CCn1c2ccccc2c2cc(NC(=O)c3cc(NC(C)=O)cc(NC(C)=O)c3)ccc21. The van der Waals surface area contributed by atoms with E-state index in [0.717, 1.165) is 28.4 Å². The van der Waals surface area contributed by atoms with Crippen LogP contribution in [0.3, 0.4) is 0 Å². The Kier molecular flexibility index (Phi) is 5.64. The second kappa shape index (κ2) is 8.55. The fraction of sp³-hybridized carbons (Fsp3) is 0.160. The maximum Gasteiger partial charge on any atom is 0.255 e. The fourth-order valence-corrected chi connectivity index (χ4v) is 3.98. The van der Waals surface area contributed by atoms with Gasteiger partial charge in [-0.15, -0.1) is 0 Å². The van der Waals surface area contributed by atoms with Crippen molar-refractivity contribution >= 4 is 56.6 Å². The first-order valence-corrected chi connectivity index (χ1v) is 10.4. The molecule has 0 aliphatic rings. The molecule has 0 fully saturated rings. The van der Waals surface area contributed by atoms with Crippen molar-refractivity contribution in [3.05, 3.63) is 66.2 Å². The highest BCUT2D eigenvalue weighted by Gasteiger charge is 2.13. The number of aryl methyl sites for hydroxylation is 1. The van der Waals surface area contributed by atoms with Gasteiger partial charge in [-0.1, -0.05) is 18.2 Å². The molecular formula is C25H24N4O3. The van der Waals surface area contributed by atoms with E-state index in [2.05, 4.69) is 39.6 Å². The molecule has 3 aromatic carbocycles.